The topological polar surface area (TPSA) is 42.4 Å². The third-order valence-electron chi connectivity index (χ3n) is 5.41. The summed E-state index contributed by atoms with van der Waals surface area (Å²) in [5, 5.41) is 0.886. The molecule has 0 bridgehead atoms. The van der Waals surface area contributed by atoms with Gasteiger partial charge in [0.25, 0.3) is 5.91 Å². The summed E-state index contributed by atoms with van der Waals surface area (Å²) in [7, 11) is 0. The Balaban J connectivity index is 1.79. The number of piperidine rings is 1. The maximum absolute atomic E-state index is 13.5. The van der Waals surface area contributed by atoms with Gasteiger partial charge in [0.15, 0.2) is 0 Å². The molecule has 1 fully saturated rings. The highest BCUT2D eigenvalue weighted by Gasteiger charge is 2.24. The molecule has 2 heterocycles. The van der Waals surface area contributed by atoms with Gasteiger partial charge >= 0.3 is 0 Å². The second-order valence-electron chi connectivity index (χ2n) is 7.67. The van der Waals surface area contributed by atoms with Gasteiger partial charge in [0.05, 0.1) is 23.4 Å². The van der Waals surface area contributed by atoms with Crippen molar-refractivity contribution in [2.75, 3.05) is 19.7 Å². The number of benzene rings is 2. The number of carbonyl (C=O) groups excluding carboxylic acids is 1. The molecule has 1 amide bonds. The molecular weight excluding hydrogens is 428 g/mol. The minimum Gasteiger partial charge on any atom is -0.494 e. The Hall–Kier alpha value is -2.40. The van der Waals surface area contributed by atoms with Gasteiger partial charge in [-0.25, -0.2) is 4.98 Å². The smallest absolute Gasteiger partial charge is 0.254 e. The first-order chi connectivity index (χ1) is 14.0. The van der Waals surface area contributed by atoms with Crippen LogP contribution in [0.3, 0.4) is 0 Å². The molecule has 0 spiro atoms. The average Bonchev–Trinajstić information content (AvgIpc) is 2.73. The number of ether oxygens (including phenoxy) is 1. The number of hydrogen-bond donors (Lipinski definition) is 0. The Morgan fingerprint density at radius 3 is 2.72 bits per heavy atom. The van der Waals surface area contributed by atoms with Gasteiger partial charge in [-0.05, 0) is 74.2 Å². The van der Waals surface area contributed by atoms with Crippen LogP contribution in [0.1, 0.15) is 37.0 Å². The second kappa shape index (κ2) is 8.54. The quantitative estimate of drug-likeness (QED) is 0.492. The lowest BCUT2D eigenvalue weighted by atomic mass is 9.98. The molecule has 0 unspecified atom stereocenters. The first-order valence-corrected chi connectivity index (χ1v) is 11.0. The van der Waals surface area contributed by atoms with Gasteiger partial charge < -0.3 is 9.64 Å². The van der Waals surface area contributed by atoms with Gasteiger partial charge in [-0.2, -0.15) is 0 Å². The summed E-state index contributed by atoms with van der Waals surface area (Å²) in [5.41, 5.74) is 3.32. The van der Waals surface area contributed by atoms with Crippen molar-refractivity contribution in [3.05, 3.63) is 58.6 Å². The Labute approximate surface area is 180 Å². The lowest BCUT2D eigenvalue weighted by molar-refractivity contribution is 0.0685. The largest absolute Gasteiger partial charge is 0.494 e. The lowest BCUT2D eigenvalue weighted by Gasteiger charge is -2.31. The van der Waals surface area contributed by atoms with Gasteiger partial charge in [-0.1, -0.05) is 22.9 Å². The number of nitrogens with zero attached hydrogens (tertiary/aromatic N) is 2. The summed E-state index contributed by atoms with van der Waals surface area (Å²) in [5.74, 6) is 1.46. The predicted octanol–water partition coefficient (Wildman–Crippen LogP) is 5.94. The highest BCUT2D eigenvalue weighted by Crippen LogP contribution is 2.30. The fourth-order valence-corrected chi connectivity index (χ4v) is 4.32. The molecule has 150 valence electrons. The first kappa shape index (κ1) is 19.9. The van der Waals surface area contributed by atoms with E-state index in [4.69, 9.17) is 9.72 Å². The van der Waals surface area contributed by atoms with Crippen molar-refractivity contribution in [3.8, 4) is 17.0 Å². The molecule has 1 saturated heterocycles. The highest BCUT2D eigenvalue weighted by molar-refractivity contribution is 9.10. The van der Waals surface area contributed by atoms with E-state index in [9.17, 15) is 4.79 Å². The van der Waals surface area contributed by atoms with Crippen LogP contribution < -0.4 is 4.74 Å². The standard InChI is InChI=1S/C24H25BrN2O2/c1-3-29-19-9-6-17(7-10-19)23-14-21(20-13-18(25)8-11-22(20)26-23)24(28)27-12-4-5-16(2)15-27/h6-11,13-14,16H,3-5,12,15H2,1-2H3/t16-/m1/s1. The van der Waals surface area contributed by atoms with E-state index in [1.807, 2.05) is 60.4 Å². The second-order valence-corrected chi connectivity index (χ2v) is 8.59. The van der Waals surface area contributed by atoms with Gasteiger partial charge in [0, 0.05) is 28.5 Å². The van der Waals surface area contributed by atoms with Crippen molar-refractivity contribution in [1.29, 1.82) is 0 Å². The molecule has 0 saturated carbocycles. The molecule has 4 nitrogen and oxygen atoms in total. The van der Waals surface area contributed by atoms with Crippen LogP contribution in [0.4, 0.5) is 0 Å². The number of pyridine rings is 1. The van der Waals surface area contributed by atoms with Crippen molar-refractivity contribution in [2.24, 2.45) is 5.92 Å². The van der Waals surface area contributed by atoms with Crippen molar-refractivity contribution in [2.45, 2.75) is 26.7 Å². The normalized spacial score (nSPS) is 16.8. The number of fused-ring (bicyclic) bond motifs is 1. The zero-order valence-electron chi connectivity index (χ0n) is 16.8. The SMILES string of the molecule is CCOc1ccc(-c2cc(C(=O)N3CCC[C@@H](C)C3)c3cc(Br)ccc3n2)cc1. The van der Waals surface area contributed by atoms with E-state index in [2.05, 4.69) is 22.9 Å². The third kappa shape index (κ3) is 4.30. The molecule has 4 rings (SSSR count). The number of aromatic nitrogens is 1. The van der Waals surface area contributed by atoms with Crippen molar-refractivity contribution < 1.29 is 9.53 Å². The number of rotatable bonds is 4. The molecule has 5 heteroatoms. The molecule has 1 aromatic heterocycles. The summed E-state index contributed by atoms with van der Waals surface area (Å²) in [6, 6.07) is 15.7. The number of amides is 1. The van der Waals surface area contributed by atoms with E-state index >= 15 is 0 Å². The summed E-state index contributed by atoms with van der Waals surface area (Å²) < 4.78 is 6.49. The Bertz CT molecular complexity index is 1030. The van der Waals surface area contributed by atoms with E-state index in [-0.39, 0.29) is 5.91 Å². The van der Waals surface area contributed by atoms with E-state index in [0.717, 1.165) is 51.9 Å². The molecule has 3 aromatic rings. The van der Waals surface area contributed by atoms with Crippen LogP contribution in [-0.4, -0.2) is 35.5 Å². The van der Waals surface area contributed by atoms with Crippen molar-refractivity contribution in [1.82, 2.24) is 9.88 Å². The number of hydrogen-bond acceptors (Lipinski definition) is 3. The summed E-state index contributed by atoms with van der Waals surface area (Å²) >= 11 is 3.54. The summed E-state index contributed by atoms with van der Waals surface area (Å²) in [4.78, 5) is 20.3. The molecule has 1 aliphatic rings. The van der Waals surface area contributed by atoms with Crippen LogP contribution in [0.5, 0.6) is 5.75 Å². The lowest BCUT2D eigenvalue weighted by Crippen LogP contribution is -2.39. The Morgan fingerprint density at radius 2 is 2.00 bits per heavy atom. The maximum atomic E-state index is 13.5. The zero-order valence-corrected chi connectivity index (χ0v) is 18.4. The van der Waals surface area contributed by atoms with E-state index in [0.29, 0.717) is 18.1 Å². The molecule has 0 N–H and O–H groups in total. The fraction of sp³-hybridized carbons (Fsp3) is 0.333. The minimum absolute atomic E-state index is 0.0919. The molecule has 1 aliphatic heterocycles. The molecule has 1 atom stereocenters. The van der Waals surface area contributed by atoms with E-state index < -0.39 is 0 Å². The van der Waals surface area contributed by atoms with Crippen molar-refractivity contribution in [3.63, 3.8) is 0 Å². The molecule has 0 radical (unpaired) electrons. The summed E-state index contributed by atoms with van der Waals surface area (Å²) in [6.45, 7) is 6.45. The van der Waals surface area contributed by atoms with Gasteiger partial charge in [0.1, 0.15) is 5.75 Å². The Kier molecular flexibility index (Phi) is 5.86. The molecule has 2 aromatic carbocycles. The molecular formula is C24H25BrN2O2. The van der Waals surface area contributed by atoms with Crippen molar-refractivity contribution >= 4 is 32.7 Å². The Morgan fingerprint density at radius 1 is 1.21 bits per heavy atom. The number of carbonyl (C=O) groups is 1. The van der Waals surface area contributed by atoms with Crippen LogP contribution in [0.2, 0.25) is 0 Å². The predicted molar refractivity (Wildman–Crippen MR) is 120 cm³/mol. The van der Waals surface area contributed by atoms with Crippen LogP contribution in [0, 0.1) is 5.92 Å². The van der Waals surface area contributed by atoms with Gasteiger partial charge in [0.2, 0.25) is 0 Å². The van der Waals surface area contributed by atoms with E-state index in [1.165, 1.54) is 6.42 Å². The monoisotopic (exact) mass is 452 g/mol. The van der Waals surface area contributed by atoms with Crippen LogP contribution in [0.25, 0.3) is 22.2 Å². The molecule has 29 heavy (non-hydrogen) atoms. The van der Waals surface area contributed by atoms with Gasteiger partial charge in [-0.15, -0.1) is 0 Å². The number of likely N-dealkylation sites (tertiary alicyclic amines) is 1. The average molecular weight is 453 g/mol. The highest BCUT2D eigenvalue weighted by atomic mass is 79.9. The first-order valence-electron chi connectivity index (χ1n) is 10.2. The molecule has 0 aliphatic carbocycles. The maximum Gasteiger partial charge on any atom is 0.254 e. The van der Waals surface area contributed by atoms with E-state index in [1.54, 1.807) is 0 Å². The number of halogens is 1. The fourth-order valence-electron chi connectivity index (χ4n) is 3.96. The zero-order chi connectivity index (χ0) is 20.4. The van der Waals surface area contributed by atoms with Crippen LogP contribution >= 0.6 is 15.9 Å². The van der Waals surface area contributed by atoms with Gasteiger partial charge in [-0.3, -0.25) is 4.79 Å². The van der Waals surface area contributed by atoms with Crippen LogP contribution in [0.15, 0.2) is 53.0 Å². The summed E-state index contributed by atoms with van der Waals surface area (Å²) in [6.07, 6.45) is 2.25. The van der Waals surface area contributed by atoms with Crippen LogP contribution in [-0.2, 0) is 0 Å². The third-order valence-corrected chi connectivity index (χ3v) is 5.90. The minimum atomic E-state index is 0.0919.